The van der Waals surface area contributed by atoms with Crippen LogP contribution in [0.5, 0.6) is 5.75 Å². The van der Waals surface area contributed by atoms with Crippen LogP contribution in [-0.4, -0.2) is 41.2 Å². The predicted molar refractivity (Wildman–Crippen MR) is 76.6 cm³/mol. The van der Waals surface area contributed by atoms with Gasteiger partial charge in [0.1, 0.15) is 11.9 Å². The van der Waals surface area contributed by atoms with Gasteiger partial charge in [0.15, 0.2) is 0 Å². The van der Waals surface area contributed by atoms with E-state index >= 15 is 0 Å². The minimum Gasteiger partial charge on any atom is -0.490 e. The summed E-state index contributed by atoms with van der Waals surface area (Å²) < 4.78 is 5.91. The zero-order valence-electron chi connectivity index (χ0n) is 11.7. The van der Waals surface area contributed by atoms with Crippen molar-refractivity contribution in [2.24, 2.45) is 0 Å². The number of hydrogen-bond acceptors (Lipinski definition) is 3. The van der Waals surface area contributed by atoms with E-state index in [1.54, 1.807) is 0 Å². The molecule has 112 valence electrons. The van der Waals surface area contributed by atoms with Gasteiger partial charge in [-0.25, -0.2) is 4.79 Å². The first-order valence-electron chi connectivity index (χ1n) is 7.19. The minimum absolute atomic E-state index is 0.0259. The maximum absolute atomic E-state index is 11.4. The van der Waals surface area contributed by atoms with Crippen LogP contribution in [0.1, 0.15) is 24.8 Å². The Morgan fingerprint density at radius 3 is 2.76 bits per heavy atom. The van der Waals surface area contributed by atoms with E-state index in [0.717, 1.165) is 23.4 Å². The van der Waals surface area contributed by atoms with Crippen molar-refractivity contribution in [3.05, 3.63) is 23.8 Å². The second-order valence-corrected chi connectivity index (χ2v) is 5.45. The van der Waals surface area contributed by atoms with E-state index in [2.05, 4.69) is 5.32 Å². The van der Waals surface area contributed by atoms with Gasteiger partial charge in [-0.05, 0) is 18.1 Å². The number of carbonyl (C=O) groups is 2. The molecule has 21 heavy (non-hydrogen) atoms. The quantitative estimate of drug-likeness (QED) is 0.874. The first kappa shape index (κ1) is 13.7. The van der Waals surface area contributed by atoms with Crippen molar-refractivity contribution in [2.75, 3.05) is 18.4 Å². The van der Waals surface area contributed by atoms with Crippen LogP contribution in [0.3, 0.4) is 0 Å². The number of benzene rings is 1. The Labute approximate surface area is 122 Å². The van der Waals surface area contributed by atoms with Crippen molar-refractivity contribution in [3.63, 3.8) is 0 Å². The molecule has 0 aliphatic carbocycles. The van der Waals surface area contributed by atoms with Gasteiger partial charge in [-0.1, -0.05) is 6.07 Å². The first-order valence-corrected chi connectivity index (χ1v) is 7.19. The molecule has 0 aromatic heterocycles. The highest BCUT2D eigenvalue weighted by Crippen LogP contribution is 2.28. The Balaban J connectivity index is 1.62. The molecule has 1 aromatic rings. The number of carboxylic acid groups (broad SMARTS) is 1. The zero-order chi connectivity index (χ0) is 14.8. The Morgan fingerprint density at radius 2 is 2.05 bits per heavy atom. The van der Waals surface area contributed by atoms with Gasteiger partial charge in [-0.2, -0.15) is 0 Å². The van der Waals surface area contributed by atoms with E-state index in [0.29, 0.717) is 32.4 Å². The SMILES string of the molecule is O=C1CCc2ccc(OC3CCN(C(=O)O)CC3)cc2N1. The number of carbonyl (C=O) groups excluding carboxylic acids is 1. The molecule has 2 heterocycles. The fourth-order valence-corrected chi connectivity index (χ4v) is 2.78. The topological polar surface area (TPSA) is 78.9 Å². The fraction of sp³-hybridized carbons (Fsp3) is 0.467. The van der Waals surface area contributed by atoms with Crippen molar-refractivity contribution in [1.82, 2.24) is 4.90 Å². The van der Waals surface area contributed by atoms with Crippen molar-refractivity contribution >= 4 is 17.7 Å². The average Bonchev–Trinajstić information content (AvgIpc) is 2.47. The summed E-state index contributed by atoms with van der Waals surface area (Å²) in [4.78, 5) is 23.7. The summed E-state index contributed by atoms with van der Waals surface area (Å²) in [6.07, 6.45) is 1.83. The second kappa shape index (κ2) is 5.63. The second-order valence-electron chi connectivity index (χ2n) is 5.45. The number of rotatable bonds is 2. The number of amides is 2. The Bertz CT molecular complexity index is 565. The lowest BCUT2D eigenvalue weighted by Crippen LogP contribution is -2.41. The van der Waals surface area contributed by atoms with Crippen LogP contribution in [0, 0.1) is 0 Å². The number of likely N-dealkylation sites (tertiary alicyclic amines) is 1. The first-order chi connectivity index (χ1) is 10.1. The average molecular weight is 290 g/mol. The number of piperidine rings is 1. The van der Waals surface area contributed by atoms with E-state index in [4.69, 9.17) is 9.84 Å². The van der Waals surface area contributed by atoms with Crippen molar-refractivity contribution < 1.29 is 19.4 Å². The number of hydrogen-bond donors (Lipinski definition) is 2. The highest BCUT2D eigenvalue weighted by molar-refractivity contribution is 5.94. The maximum Gasteiger partial charge on any atom is 0.407 e. The molecule has 6 nitrogen and oxygen atoms in total. The summed E-state index contributed by atoms with van der Waals surface area (Å²) in [6, 6.07) is 5.76. The van der Waals surface area contributed by atoms with Crippen molar-refractivity contribution in [1.29, 1.82) is 0 Å². The Morgan fingerprint density at radius 1 is 1.29 bits per heavy atom. The molecule has 1 fully saturated rings. The van der Waals surface area contributed by atoms with Gasteiger partial charge in [0.25, 0.3) is 0 Å². The molecular formula is C15H18N2O4. The minimum atomic E-state index is -0.870. The number of ether oxygens (including phenoxy) is 1. The Hall–Kier alpha value is -2.24. The predicted octanol–water partition coefficient (Wildman–Crippen LogP) is 2.09. The molecule has 1 saturated heterocycles. The molecule has 3 rings (SSSR count). The summed E-state index contributed by atoms with van der Waals surface area (Å²) in [6.45, 7) is 1.00. The van der Waals surface area contributed by atoms with E-state index in [1.165, 1.54) is 4.90 Å². The van der Waals surface area contributed by atoms with E-state index < -0.39 is 6.09 Å². The summed E-state index contributed by atoms with van der Waals surface area (Å²) in [5.74, 6) is 0.763. The van der Waals surface area contributed by atoms with Crippen LogP contribution in [0.4, 0.5) is 10.5 Å². The molecule has 0 saturated carbocycles. The highest BCUT2D eigenvalue weighted by atomic mass is 16.5. The third-order valence-corrected chi connectivity index (χ3v) is 3.99. The summed E-state index contributed by atoms with van der Waals surface area (Å²) in [5.41, 5.74) is 1.95. The number of aryl methyl sites for hydroxylation is 1. The van der Waals surface area contributed by atoms with Crippen LogP contribution < -0.4 is 10.1 Å². The summed E-state index contributed by atoms with van der Waals surface area (Å²) >= 11 is 0. The molecule has 2 N–H and O–H groups in total. The van der Waals surface area contributed by atoms with Gasteiger partial charge in [0.05, 0.1) is 0 Å². The molecule has 0 bridgehead atoms. The standard InChI is InChI=1S/C15H18N2O4/c18-14-4-2-10-1-3-12(9-13(10)16-14)21-11-5-7-17(8-6-11)15(19)20/h1,3,9,11H,2,4-8H2,(H,16,18)(H,19,20). The molecule has 0 radical (unpaired) electrons. The molecular weight excluding hydrogens is 272 g/mol. The van der Waals surface area contributed by atoms with Gasteiger partial charge in [0, 0.05) is 44.1 Å². The van der Waals surface area contributed by atoms with Crippen molar-refractivity contribution in [3.8, 4) is 5.75 Å². The van der Waals surface area contributed by atoms with Gasteiger partial charge >= 0.3 is 6.09 Å². The van der Waals surface area contributed by atoms with Crippen LogP contribution in [0.2, 0.25) is 0 Å². The van der Waals surface area contributed by atoms with Crippen molar-refractivity contribution in [2.45, 2.75) is 31.8 Å². The maximum atomic E-state index is 11.4. The smallest absolute Gasteiger partial charge is 0.407 e. The molecule has 0 atom stereocenters. The summed E-state index contributed by atoms with van der Waals surface area (Å²) in [7, 11) is 0. The molecule has 0 unspecified atom stereocenters. The number of anilines is 1. The monoisotopic (exact) mass is 290 g/mol. The number of nitrogens with one attached hydrogen (secondary N) is 1. The van der Waals surface area contributed by atoms with Gasteiger partial charge in [-0.3, -0.25) is 4.79 Å². The van der Waals surface area contributed by atoms with Gasteiger partial charge in [0.2, 0.25) is 5.91 Å². The third kappa shape index (κ3) is 3.09. The van der Waals surface area contributed by atoms with Crippen LogP contribution in [0.15, 0.2) is 18.2 Å². The molecule has 6 heteroatoms. The molecule has 0 spiro atoms. The lowest BCUT2D eigenvalue weighted by atomic mass is 10.0. The number of fused-ring (bicyclic) bond motifs is 1. The largest absolute Gasteiger partial charge is 0.490 e. The van der Waals surface area contributed by atoms with Gasteiger partial charge in [-0.15, -0.1) is 0 Å². The normalized spacial score (nSPS) is 18.9. The zero-order valence-corrected chi connectivity index (χ0v) is 11.7. The van der Waals surface area contributed by atoms with Crippen LogP contribution in [0.25, 0.3) is 0 Å². The number of nitrogens with zero attached hydrogens (tertiary/aromatic N) is 1. The molecule has 2 amide bonds. The summed E-state index contributed by atoms with van der Waals surface area (Å²) in [5, 5.41) is 11.8. The highest BCUT2D eigenvalue weighted by Gasteiger charge is 2.24. The van der Waals surface area contributed by atoms with E-state index in [1.807, 2.05) is 18.2 Å². The molecule has 2 aliphatic heterocycles. The third-order valence-electron chi connectivity index (χ3n) is 3.99. The van der Waals surface area contributed by atoms with Crippen LogP contribution >= 0.6 is 0 Å². The van der Waals surface area contributed by atoms with E-state index in [9.17, 15) is 9.59 Å². The fourth-order valence-electron chi connectivity index (χ4n) is 2.78. The van der Waals surface area contributed by atoms with E-state index in [-0.39, 0.29) is 12.0 Å². The lowest BCUT2D eigenvalue weighted by Gasteiger charge is -2.30. The Kier molecular flexibility index (Phi) is 3.68. The van der Waals surface area contributed by atoms with Gasteiger partial charge < -0.3 is 20.1 Å². The van der Waals surface area contributed by atoms with Crippen LogP contribution in [-0.2, 0) is 11.2 Å². The molecule has 2 aliphatic rings. The lowest BCUT2D eigenvalue weighted by molar-refractivity contribution is -0.116. The molecule has 1 aromatic carbocycles.